The quantitative estimate of drug-likeness (QED) is 0.901. The summed E-state index contributed by atoms with van der Waals surface area (Å²) >= 11 is 5.01. The zero-order valence-corrected chi connectivity index (χ0v) is 11.9. The number of thiazole rings is 1. The first-order chi connectivity index (χ1) is 7.66. The van der Waals surface area contributed by atoms with Crippen molar-refractivity contribution in [1.82, 2.24) is 4.98 Å². The zero-order chi connectivity index (χ0) is 11.6. The third kappa shape index (κ3) is 2.41. The number of aromatic nitrogens is 1. The average Bonchev–Trinajstić information content (AvgIpc) is 2.67. The first-order valence-corrected chi connectivity index (χ1v) is 7.43. The number of nitrogens with two attached hydrogens (primary N) is 1. The summed E-state index contributed by atoms with van der Waals surface area (Å²) < 4.78 is 0.899. The third-order valence-corrected chi connectivity index (χ3v) is 5.12. The van der Waals surface area contributed by atoms with Crippen LogP contribution >= 0.6 is 27.3 Å². The second-order valence-corrected chi connectivity index (χ2v) is 6.28. The summed E-state index contributed by atoms with van der Waals surface area (Å²) in [6.07, 6.45) is 5.01. The number of nitrogens with zero attached hydrogens (tertiary/aromatic N) is 1. The highest BCUT2D eigenvalue weighted by atomic mass is 79.9. The molecule has 16 heavy (non-hydrogen) atoms. The second-order valence-electron chi connectivity index (χ2n) is 4.61. The molecule has 0 aromatic carbocycles. The Kier molecular flexibility index (Phi) is 3.87. The molecule has 1 aromatic heterocycles. The van der Waals surface area contributed by atoms with Crippen LogP contribution in [0.1, 0.15) is 32.6 Å². The van der Waals surface area contributed by atoms with Crippen molar-refractivity contribution in [3.63, 3.8) is 0 Å². The van der Waals surface area contributed by atoms with E-state index in [9.17, 15) is 0 Å². The van der Waals surface area contributed by atoms with Crippen molar-refractivity contribution >= 4 is 32.4 Å². The van der Waals surface area contributed by atoms with E-state index in [0.717, 1.165) is 16.2 Å². The molecule has 1 heterocycles. The van der Waals surface area contributed by atoms with Crippen molar-refractivity contribution in [2.24, 2.45) is 11.7 Å². The van der Waals surface area contributed by atoms with E-state index in [4.69, 9.17) is 5.73 Å². The number of halogens is 1. The van der Waals surface area contributed by atoms with Gasteiger partial charge in [0, 0.05) is 11.9 Å². The largest absolute Gasteiger partial charge is 0.355 e. The minimum Gasteiger partial charge on any atom is -0.355 e. The fraction of sp³-hybridized carbons (Fsp3) is 0.727. The summed E-state index contributed by atoms with van der Waals surface area (Å²) in [5, 5.41) is 6.54. The summed E-state index contributed by atoms with van der Waals surface area (Å²) in [5.74, 6) is 0.619. The van der Waals surface area contributed by atoms with Gasteiger partial charge < -0.3 is 11.1 Å². The Morgan fingerprint density at radius 2 is 2.50 bits per heavy atom. The molecule has 1 aliphatic carbocycles. The number of hydrogen-bond acceptors (Lipinski definition) is 4. The summed E-state index contributed by atoms with van der Waals surface area (Å²) in [6, 6.07) is 0. The van der Waals surface area contributed by atoms with Crippen LogP contribution in [0.25, 0.3) is 0 Å². The average molecular weight is 304 g/mol. The van der Waals surface area contributed by atoms with Crippen LogP contribution in [0.4, 0.5) is 5.13 Å². The molecular weight excluding hydrogens is 286 g/mol. The molecule has 2 rings (SSSR count). The van der Waals surface area contributed by atoms with E-state index in [0.29, 0.717) is 12.5 Å². The normalized spacial score (nSPS) is 30.3. The van der Waals surface area contributed by atoms with Crippen molar-refractivity contribution in [2.75, 3.05) is 11.9 Å². The van der Waals surface area contributed by atoms with Crippen LogP contribution in [0, 0.1) is 5.92 Å². The molecular formula is C11H18BrN3S. The van der Waals surface area contributed by atoms with Gasteiger partial charge in [-0.3, -0.25) is 0 Å². The Labute approximate surface area is 109 Å². The Bertz CT molecular complexity index is 355. The molecule has 3 nitrogen and oxygen atoms in total. The number of hydrogen-bond donors (Lipinski definition) is 2. The van der Waals surface area contributed by atoms with Crippen molar-refractivity contribution in [3.05, 3.63) is 9.98 Å². The van der Waals surface area contributed by atoms with E-state index in [1.807, 2.05) is 5.38 Å². The van der Waals surface area contributed by atoms with Gasteiger partial charge in [0.1, 0.15) is 4.60 Å². The van der Waals surface area contributed by atoms with Gasteiger partial charge in [-0.15, -0.1) is 11.3 Å². The lowest BCUT2D eigenvalue weighted by atomic mass is 9.74. The van der Waals surface area contributed by atoms with E-state index in [1.165, 1.54) is 19.3 Å². The molecule has 0 amide bonds. The molecule has 90 valence electrons. The first kappa shape index (κ1) is 12.3. The van der Waals surface area contributed by atoms with Crippen molar-refractivity contribution in [3.8, 4) is 0 Å². The molecule has 1 aromatic rings. The highest BCUT2D eigenvalue weighted by molar-refractivity contribution is 9.10. The lowest BCUT2D eigenvalue weighted by molar-refractivity contribution is 0.235. The van der Waals surface area contributed by atoms with E-state index in [2.05, 4.69) is 33.2 Å². The molecule has 0 saturated heterocycles. The van der Waals surface area contributed by atoms with E-state index in [-0.39, 0.29) is 5.54 Å². The lowest BCUT2D eigenvalue weighted by Crippen LogP contribution is -2.52. The molecule has 1 saturated carbocycles. The minimum absolute atomic E-state index is 0.0511. The molecule has 0 bridgehead atoms. The van der Waals surface area contributed by atoms with Crippen LogP contribution in [0.3, 0.4) is 0 Å². The van der Waals surface area contributed by atoms with Gasteiger partial charge in [-0.05, 0) is 34.7 Å². The summed E-state index contributed by atoms with van der Waals surface area (Å²) in [4.78, 5) is 4.40. The lowest BCUT2D eigenvalue weighted by Gasteiger charge is -2.42. The van der Waals surface area contributed by atoms with Crippen LogP contribution in [0.2, 0.25) is 0 Å². The van der Waals surface area contributed by atoms with Gasteiger partial charge in [0.05, 0.1) is 5.54 Å². The molecule has 2 unspecified atom stereocenters. The van der Waals surface area contributed by atoms with Crippen LogP contribution in [-0.2, 0) is 0 Å². The summed E-state index contributed by atoms with van der Waals surface area (Å²) in [6.45, 7) is 2.98. The standard InChI is InChI=1S/C11H18BrN3S/c1-8-4-2-3-5-11(8,7-13)15-10-14-9(12)6-16-10/h6,8H,2-5,7,13H2,1H3,(H,14,15). The fourth-order valence-corrected chi connectivity index (χ4v) is 3.73. The topological polar surface area (TPSA) is 50.9 Å². The second kappa shape index (κ2) is 5.02. The summed E-state index contributed by atoms with van der Waals surface area (Å²) in [7, 11) is 0. The fourth-order valence-electron chi connectivity index (χ4n) is 2.48. The van der Waals surface area contributed by atoms with Crippen molar-refractivity contribution < 1.29 is 0 Å². The van der Waals surface area contributed by atoms with Crippen LogP contribution < -0.4 is 11.1 Å². The number of anilines is 1. The molecule has 0 spiro atoms. The molecule has 1 fully saturated rings. The third-order valence-electron chi connectivity index (χ3n) is 3.65. The smallest absolute Gasteiger partial charge is 0.184 e. The Balaban J connectivity index is 2.14. The van der Waals surface area contributed by atoms with Crippen molar-refractivity contribution in [2.45, 2.75) is 38.1 Å². The Morgan fingerprint density at radius 3 is 3.06 bits per heavy atom. The Hall–Kier alpha value is -0.130. The number of nitrogens with one attached hydrogen (secondary N) is 1. The maximum absolute atomic E-state index is 5.99. The highest BCUT2D eigenvalue weighted by Gasteiger charge is 2.37. The van der Waals surface area contributed by atoms with Gasteiger partial charge in [-0.25, -0.2) is 4.98 Å². The SMILES string of the molecule is CC1CCCCC1(CN)Nc1nc(Br)cs1. The van der Waals surface area contributed by atoms with Gasteiger partial charge in [-0.1, -0.05) is 19.8 Å². The van der Waals surface area contributed by atoms with Gasteiger partial charge in [0.2, 0.25) is 0 Å². The molecule has 0 radical (unpaired) electrons. The molecule has 5 heteroatoms. The van der Waals surface area contributed by atoms with Crippen LogP contribution in [0.5, 0.6) is 0 Å². The summed E-state index contributed by atoms with van der Waals surface area (Å²) in [5.41, 5.74) is 6.04. The van der Waals surface area contributed by atoms with Crippen molar-refractivity contribution in [1.29, 1.82) is 0 Å². The zero-order valence-electron chi connectivity index (χ0n) is 9.50. The maximum atomic E-state index is 5.99. The van der Waals surface area contributed by atoms with Gasteiger partial charge in [0.25, 0.3) is 0 Å². The van der Waals surface area contributed by atoms with Crippen LogP contribution in [-0.4, -0.2) is 17.1 Å². The van der Waals surface area contributed by atoms with Crippen LogP contribution in [0.15, 0.2) is 9.98 Å². The Morgan fingerprint density at radius 1 is 1.69 bits per heavy atom. The van der Waals surface area contributed by atoms with E-state index in [1.54, 1.807) is 11.3 Å². The monoisotopic (exact) mass is 303 g/mol. The van der Waals surface area contributed by atoms with Gasteiger partial charge in [0.15, 0.2) is 5.13 Å². The number of rotatable bonds is 3. The van der Waals surface area contributed by atoms with E-state index < -0.39 is 0 Å². The van der Waals surface area contributed by atoms with Gasteiger partial charge in [-0.2, -0.15) is 0 Å². The predicted octanol–water partition coefficient (Wildman–Crippen LogP) is 3.23. The minimum atomic E-state index is 0.0511. The van der Waals surface area contributed by atoms with E-state index >= 15 is 0 Å². The molecule has 2 atom stereocenters. The molecule has 3 N–H and O–H groups in total. The predicted molar refractivity (Wildman–Crippen MR) is 72.9 cm³/mol. The molecule has 1 aliphatic rings. The first-order valence-electron chi connectivity index (χ1n) is 5.75. The molecule has 0 aliphatic heterocycles. The van der Waals surface area contributed by atoms with Gasteiger partial charge >= 0.3 is 0 Å². The highest BCUT2D eigenvalue weighted by Crippen LogP contribution is 2.36. The maximum Gasteiger partial charge on any atom is 0.184 e.